The average molecular weight is 281 g/mol. The van der Waals surface area contributed by atoms with E-state index in [9.17, 15) is 4.79 Å². The second-order valence-electron chi connectivity index (χ2n) is 6.77. The molecule has 2 heteroatoms. The third-order valence-corrected chi connectivity index (χ3v) is 4.86. The lowest BCUT2D eigenvalue weighted by Crippen LogP contribution is -2.47. The molecule has 1 fully saturated rings. The van der Waals surface area contributed by atoms with E-state index in [0.29, 0.717) is 5.91 Å². The smallest absolute Gasteiger partial charge is 0.223 e. The highest BCUT2D eigenvalue weighted by Gasteiger charge is 2.36. The summed E-state index contributed by atoms with van der Waals surface area (Å²) >= 11 is 0. The fourth-order valence-electron chi connectivity index (χ4n) is 3.48. The Labute approximate surface area is 126 Å². The van der Waals surface area contributed by atoms with Gasteiger partial charge >= 0.3 is 0 Å². The summed E-state index contributed by atoms with van der Waals surface area (Å²) in [5.74, 6) is 0.401. The zero-order valence-corrected chi connectivity index (χ0v) is 14.0. The second-order valence-corrected chi connectivity index (χ2v) is 6.77. The molecule has 1 heterocycles. The van der Waals surface area contributed by atoms with Crippen molar-refractivity contribution in [1.82, 2.24) is 4.90 Å². The number of hydrogen-bond acceptors (Lipinski definition) is 1. The molecule has 1 saturated heterocycles. The van der Waals surface area contributed by atoms with Gasteiger partial charge in [0.15, 0.2) is 0 Å². The topological polar surface area (TPSA) is 20.3 Å². The van der Waals surface area contributed by atoms with Gasteiger partial charge in [0.2, 0.25) is 5.91 Å². The molecule has 0 N–H and O–H groups in total. The van der Waals surface area contributed by atoms with Crippen LogP contribution in [0.4, 0.5) is 0 Å². The number of rotatable bonds is 11. The van der Waals surface area contributed by atoms with E-state index in [2.05, 4.69) is 25.7 Å². The highest BCUT2D eigenvalue weighted by atomic mass is 16.2. The first-order chi connectivity index (χ1) is 9.64. The van der Waals surface area contributed by atoms with Gasteiger partial charge in [-0.3, -0.25) is 4.79 Å². The highest BCUT2D eigenvalue weighted by Crippen LogP contribution is 2.32. The van der Waals surface area contributed by atoms with Gasteiger partial charge in [-0.2, -0.15) is 0 Å². The molecule has 1 aliphatic heterocycles. The second kappa shape index (κ2) is 9.41. The molecular formula is C18H35NO. The third-order valence-electron chi connectivity index (χ3n) is 4.86. The SMILES string of the molecule is CCCCCCC(C)(CCCCCC)N1CCCC1=O. The van der Waals surface area contributed by atoms with Crippen LogP contribution in [0.5, 0.6) is 0 Å². The zero-order chi connectivity index (χ0) is 14.8. The van der Waals surface area contributed by atoms with Crippen LogP contribution in [-0.4, -0.2) is 22.9 Å². The molecule has 2 nitrogen and oxygen atoms in total. The van der Waals surface area contributed by atoms with Crippen LogP contribution >= 0.6 is 0 Å². The van der Waals surface area contributed by atoms with Gasteiger partial charge in [-0.1, -0.05) is 65.2 Å². The maximum atomic E-state index is 12.1. The number of unbranched alkanes of at least 4 members (excludes halogenated alkanes) is 6. The van der Waals surface area contributed by atoms with E-state index in [1.165, 1.54) is 64.2 Å². The van der Waals surface area contributed by atoms with Crippen molar-refractivity contribution in [2.45, 2.75) is 103 Å². The minimum absolute atomic E-state index is 0.134. The van der Waals surface area contributed by atoms with Gasteiger partial charge in [0.25, 0.3) is 0 Å². The molecule has 0 aromatic rings. The summed E-state index contributed by atoms with van der Waals surface area (Å²) in [6, 6.07) is 0. The van der Waals surface area contributed by atoms with E-state index in [-0.39, 0.29) is 5.54 Å². The summed E-state index contributed by atoms with van der Waals surface area (Å²) < 4.78 is 0. The molecular weight excluding hydrogens is 246 g/mol. The minimum Gasteiger partial charge on any atom is -0.337 e. The van der Waals surface area contributed by atoms with Crippen LogP contribution < -0.4 is 0 Å². The fraction of sp³-hybridized carbons (Fsp3) is 0.944. The zero-order valence-electron chi connectivity index (χ0n) is 14.0. The summed E-state index contributed by atoms with van der Waals surface area (Å²) in [7, 11) is 0. The van der Waals surface area contributed by atoms with E-state index in [4.69, 9.17) is 0 Å². The van der Waals surface area contributed by atoms with Crippen molar-refractivity contribution in [3.63, 3.8) is 0 Å². The summed E-state index contributed by atoms with van der Waals surface area (Å²) in [5, 5.41) is 0. The molecule has 0 radical (unpaired) electrons. The molecule has 1 amide bonds. The van der Waals surface area contributed by atoms with Crippen molar-refractivity contribution >= 4 is 5.91 Å². The average Bonchev–Trinajstić information content (AvgIpc) is 2.87. The van der Waals surface area contributed by atoms with Gasteiger partial charge in [0, 0.05) is 18.5 Å². The molecule has 1 rings (SSSR count). The third kappa shape index (κ3) is 5.46. The molecule has 0 saturated carbocycles. The number of nitrogens with zero attached hydrogens (tertiary/aromatic N) is 1. The lowest BCUT2D eigenvalue weighted by molar-refractivity contribution is -0.133. The minimum atomic E-state index is 0.134. The van der Waals surface area contributed by atoms with Crippen LogP contribution in [0.3, 0.4) is 0 Å². The number of hydrogen-bond donors (Lipinski definition) is 0. The standard InChI is InChI=1S/C18H35NO/c1-4-6-8-10-14-18(3,15-11-9-7-5-2)19-16-12-13-17(19)20/h4-16H2,1-3H3. The molecule has 0 aliphatic carbocycles. The number of carbonyl (C=O) groups excluding carboxylic acids is 1. The molecule has 0 bridgehead atoms. The fourth-order valence-corrected chi connectivity index (χ4v) is 3.48. The number of carbonyl (C=O) groups is 1. The van der Waals surface area contributed by atoms with Gasteiger partial charge in [-0.05, 0) is 26.2 Å². The molecule has 0 aromatic heterocycles. The van der Waals surface area contributed by atoms with E-state index in [1.54, 1.807) is 0 Å². The van der Waals surface area contributed by atoms with Crippen molar-refractivity contribution in [3.8, 4) is 0 Å². The molecule has 0 atom stereocenters. The van der Waals surface area contributed by atoms with E-state index in [1.807, 2.05) is 0 Å². The quantitative estimate of drug-likeness (QED) is 0.470. The Hall–Kier alpha value is -0.530. The predicted molar refractivity (Wildman–Crippen MR) is 86.9 cm³/mol. The van der Waals surface area contributed by atoms with Gasteiger partial charge in [-0.25, -0.2) is 0 Å². The largest absolute Gasteiger partial charge is 0.337 e. The summed E-state index contributed by atoms with van der Waals surface area (Å²) in [6.07, 6.45) is 14.7. The van der Waals surface area contributed by atoms with E-state index < -0.39 is 0 Å². The summed E-state index contributed by atoms with van der Waals surface area (Å²) in [5.41, 5.74) is 0.134. The Morgan fingerprint density at radius 3 is 1.90 bits per heavy atom. The number of amides is 1. The molecule has 118 valence electrons. The Morgan fingerprint density at radius 2 is 1.50 bits per heavy atom. The van der Waals surface area contributed by atoms with Crippen molar-refractivity contribution in [1.29, 1.82) is 0 Å². The summed E-state index contributed by atoms with van der Waals surface area (Å²) in [6.45, 7) is 7.85. The van der Waals surface area contributed by atoms with Crippen LogP contribution in [0.25, 0.3) is 0 Å². The van der Waals surface area contributed by atoms with E-state index >= 15 is 0 Å². The molecule has 1 aliphatic rings. The Morgan fingerprint density at radius 1 is 0.950 bits per heavy atom. The summed E-state index contributed by atoms with van der Waals surface area (Å²) in [4.78, 5) is 14.3. The molecule has 0 unspecified atom stereocenters. The van der Waals surface area contributed by atoms with Crippen molar-refractivity contribution in [2.24, 2.45) is 0 Å². The van der Waals surface area contributed by atoms with Gasteiger partial charge in [-0.15, -0.1) is 0 Å². The predicted octanol–water partition coefficient (Wildman–Crippen LogP) is 5.31. The molecule has 20 heavy (non-hydrogen) atoms. The van der Waals surface area contributed by atoms with Crippen molar-refractivity contribution in [2.75, 3.05) is 6.54 Å². The monoisotopic (exact) mass is 281 g/mol. The van der Waals surface area contributed by atoms with Gasteiger partial charge in [0.1, 0.15) is 0 Å². The Bertz CT molecular complexity index is 263. The Kier molecular flexibility index (Phi) is 8.25. The first-order valence-corrected chi connectivity index (χ1v) is 8.94. The van der Waals surface area contributed by atoms with Crippen LogP contribution in [0.2, 0.25) is 0 Å². The van der Waals surface area contributed by atoms with Crippen LogP contribution in [0.15, 0.2) is 0 Å². The molecule has 0 spiro atoms. The Balaban J connectivity index is 2.49. The van der Waals surface area contributed by atoms with E-state index in [0.717, 1.165) is 19.4 Å². The van der Waals surface area contributed by atoms with Gasteiger partial charge in [0.05, 0.1) is 0 Å². The van der Waals surface area contributed by atoms with Crippen molar-refractivity contribution < 1.29 is 4.79 Å². The first kappa shape index (κ1) is 17.5. The lowest BCUT2D eigenvalue weighted by Gasteiger charge is -2.39. The van der Waals surface area contributed by atoms with Gasteiger partial charge < -0.3 is 4.90 Å². The normalized spacial score (nSPS) is 16.1. The molecule has 0 aromatic carbocycles. The van der Waals surface area contributed by atoms with Crippen LogP contribution in [0.1, 0.15) is 97.8 Å². The maximum Gasteiger partial charge on any atom is 0.223 e. The van der Waals surface area contributed by atoms with Crippen molar-refractivity contribution in [3.05, 3.63) is 0 Å². The van der Waals surface area contributed by atoms with Crippen LogP contribution in [0, 0.1) is 0 Å². The number of likely N-dealkylation sites (tertiary alicyclic amines) is 1. The van der Waals surface area contributed by atoms with Crippen LogP contribution in [-0.2, 0) is 4.79 Å². The first-order valence-electron chi connectivity index (χ1n) is 8.94. The highest BCUT2D eigenvalue weighted by molar-refractivity contribution is 5.78. The lowest BCUT2D eigenvalue weighted by atomic mass is 9.86. The maximum absolute atomic E-state index is 12.1.